The molecule has 1 amide bonds. The average molecular weight is 779 g/mol. The number of hydrogen-bond donors (Lipinski definition) is 1. The summed E-state index contributed by atoms with van der Waals surface area (Å²) in [4.78, 5) is 49.4. The van der Waals surface area contributed by atoms with Crippen molar-refractivity contribution in [2.24, 2.45) is 22.9 Å². The van der Waals surface area contributed by atoms with E-state index in [0.717, 1.165) is 31.2 Å². The second-order valence-electron chi connectivity index (χ2n) is 11.1. The van der Waals surface area contributed by atoms with E-state index in [1.807, 2.05) is 52.1 Å². The Labute approximate surface area is 256 Å². The standard InChI is InChI=1S/C27H39N5O5P2.Tl/c1-15(11-16(2)25(33)31-38)23(30-36-14-17(3)27(35)37-39)24-26(34)32(22-10-5-4-9-21(22)29-24)20-12-18-7-6-8-19(13-20)28-18;/h4-5,9-10,15-20,28H,6-8,11-14,38-39H2,1-3H3,(H,31,33);/q;+1/p-1/b30-23+;. The molecule has 2 fully saturated rings. The number of carbonyl (C=O) groups excluding carboxylic acids is 2. The van der Waals surface area contributed by atoms with E-state index in [0.29, 0.717) is 55.8 Å². The first kappa shape index (κ1) is 31.4. The molecule has 0 aliphatic carbocycles. The van der Waals surface area contributed by atoms with E-state index in [1.165, 1.54) is 6.42 Å². The molecule has 2 aromatic rings. The summed E-state index contributed by atoms with van der Waals surface area (Å²) in [5.74, 6) is -1.54. The Morgan fingerprint density at radius 3 is 2.50 bits per heavy atom. The van der Waals surface area contributed by atoms with Crippen molar-refractivity contribution in [2.75, 3.05) is 6.61 Å². The van der Waals surface area contributed by atoms with Gasteiger partial charge < -0.3 is 5.32 Å². The Morgan fingerprint density at radius 2 is 1.85 bits per heavy atom. The van der Waals surface area contributed by atoms with Crippen LogP contribution in [0.3, 0.4) is 0 Å². The molecule has 4 rings (SSSR count). The molecule has 214 valence electrons. The zero-order chi connectivity index (χ0) is 29.0. The fourth-order valence-electron chi connectivity index (χ4n) is 5.90. The van der Waals surface area contributed by atoms with Gasteiger partial charge in [-0.25, -0.2) is 0 Å². The summed E-state index contributed by atoms with van der Waals surface area (Å²) in [5.41, 5.74) is 1.93. The minimum absolute atomic E-state index is 0.0155. The number of fused-ring (bicyclic) bond motifs is 3. The molecule has 10 nitrogen and oxygen atoms in total. The van der Waals surface area contributed by atoms with Crippen LogP contribution < -0.4 is 10.9 Å². The number of para-hydroxylation sites is 2. The third-order valence-electron chi connectivity index (χ3n) is 7.95. The maximum atomic E-state index is 14.3. The molecular weight excluding hydrogens is 741 g/mol. The van der Waals surface area contributed by atoms with Gasteiger partial charge in [0.1, 0.15) is 0 Å². The Bertz CT molecular complexity index is 1310. The van der Waals surface area contributed by atoms with Gasteiger partial charge in [0.15, 0.2) is 0 Å². The van der Waals surface area contributed by atoms with Gasteiger partial charge in [-0.3, -0.25) is 0 Å². The average Bonchev–Trinajstić information content (AvgIpc) is 2.93. The summed E-state index contributed by atoms with van der Waals surface area (Å²) >= 11 is 0.369. The summed E-state index contributed by atoms with van der Waals surface area (Å²) in [6.45, 7) is 5.48. The van der Waals surface area contributed by atoms with Crippen molar-refractivity contribution in [3.8, 4) is 0 Å². The van der Waals surface area contributed by atoms with Crippen molar-refractivity contribution in [2.45, 2.75) is 77.4 Å². The van der Waals surface area contributed by atoms with E-state index < -0.39 is 11.9 Å². The van der Waals surface area contributed by atoms with Gasteiger partial charge in [-0.1, -0.05) is 6.42 Å². The SMILES string of the molecule is CC(CO/N=C(/c1nc2ccccc2n(C2CC3CCCC(C2)N3)c1=O)C(C)CC(C)C(=O)[N](P)[Tl])C(=O)OP. The minimum atomic E-state index is -0.551. The van der Waals surface area contributed by atoms with Crippen LogP contribution in [0.1, 0.15) is 71.0 Å². The van der Waals surface area contributed by atoms with Gasteiger partial charge in [0, 0.05) is 0 Å². The van der Waals surface area contributed by atoms with Gasteiger partial charge in [-0.05, 0) is 12.8 Å². The summed E-state index contributed by atoms with van der Waals surface area (Å²) in [7, 11) is 4.41. The topological polar surface area (TPSA) is 115 Å². The van der Waals surface area contributed by atoms with Crippen molar-refractivity contribution in [1.82, 2.24) is 17.3 Å². The summed E-state index contributed by atoms with van der Waals surface area (Å²) in [6.07, 6.45) is 5.68. The van der Waals surface area contributed by atoms with E-state index in [-0.39, 0.29) is 41.6 Å². The van der Waals surface area contributed by atoms with Crippen LogP contribution in [0.5, 0.6) is 0 Å². The van der Waals surface area contributed by atoms with Gasteiger partial charge in [0.25, 0.3) is 0 Å². The Kier molecular flexibility index (Phi) is 11.1. The summed E-state index contributed by atoms with van der Waals surface area (Å²) in [6, 6.07) is 8.56. The fraction of sp³-hybridized carbons (Fsp3) is 0.593. The third-order valence-corrected chi connectivity index (χ3v) is 9.42. The van der Waals surface area contributed by atoms with E-state index in [1.54, 1.807) is 9.40 Å². The quantitative estimate of drug-likeness (QED) is 0.171. The van der Waals surface area contributed by atoms with Gasteiger partial charge in [-0.15, -0.1) is 0 Å². The van der Waals surface area contributed by atoms with Gasteiger partial charge in [-0.2, -0.15) is 0 Å². The van der Waals surface area contributed by atoms with Crippen LogP contribution in [0.2, 0.25) is 0 Å². The van der Waals surface area contributed by atoms with Crippen molar-refractivity contribution in [3.05, 3.63) is 40.3 Å². The van der Waals surface area contributed by atoms with Crippen LogP contribution in [0.15, 0.2) is 34.2 Å². The molecule has 2 aliphatic heterocycles. The fourth-order valence-corrected chi connectivity index (χ4v) is 7.37. The Morgan fingerprint density at radius 1 is 1.18 bits per heavy atom. The molecule has 1 N–H and O–H groups in total. The first-order valence-electron chi connectivity index (χ1n) is 13.8. The molecule has 7 atom stereocenters. The molecule has 0 spiro atoms. The van der Waals surface area contributed by atoms with Crippen LogP contribution in [0, 0.1) is 17.8 Å². The molecule has 3 heterocycles. The molecule has 2 saturated heterocycles. The molecule has 40 heavy (non-hydrogen) atoms. The van der Waals surface area contributed by atoms with E-state index in [9.17, 15) is 14.4 Å². The smallest absolute Gasteiger partial charge is 0.0625 e. The Hall–Kier alpha value is -1.49. The number of carbonyl (C=O) groups is 2. The number of oxime groups is 1. The first-order valence-corrected chi connectivity index (χ1v) is 16.8. The van der Waals surface area contributed by atoms with Crippen molar-refractivity contribution < 1.29 is 19.0 Å². The van der Waals surface area contributed by atoms with E-state index in [4.69, 9.17) is 14.3 Å². The number of nitrogens with zero attached hydrogens (tertiary/aromatic N) is 4. The minimum Gasteiger partial charge on any atom is 0.0625 e. The molecule has 0 saturated carbocycles. The van der Waals surface area contributed by atoms with E-state index >= 15 is 0 Å². The maximum absolute atomic E-state index is 14.3. The molecule has 2 aliphatic rings. The Balaban J connectivity index is 1.77. The molecule has 7 unspecified atom stereocenters. The number of amides is 1. The number of benzene rings is 1. The third kappa shape index (κ3) is 7.28. The number of aromatic nitrogens is 2. The zero-order valence-corrected chi connectivity index (χ0v) is 30.1. The molecule has 0 radical (unpaired) electrons. The van der Waals surface area contributed by atoms with Crippen LogP contribution in [0.4, 0.5) is 0 Å². The van der Waals surface area contributed by atoms with E-state index in [2.05, 4.69) is 19.9 Å². The van der Waals surface area contributed by atoms with Gasteiger partial charge >= 0.3 is 223 Å². The predicted molar refractivity (Wildman–Crippen MR) is 162 cm³/mol. The molecular formula is C27H38N5O5P2Tl. The van der Waals surface area contributed by atoms with Gasteiger partial charge in [0.05, 0.1) is 9.47 Å². The molecule has 1 aromatic carbocycles. The van der Waals surface area contributed by atoms with Crippen molar-refractivity contribution >= 4 is 73.5 Å². The van der Waals surface area contributed by atoms with Crippen molar-refractivity contribution in [3.63, 3.8) is 0 Å². The summed E-state index contributed by atoms with van der Waals surface area (Å²) < 4.78 is 8.29. The van der Waals surface area contributed by atoms with Crippen LogP contribution >= 0.6 is 18.9 Å². The predicted octanol–water partition coefficient (Wildman–Crippen LogP) is 3.30. The number of piperidine rings is 2. The van der Waals surface area contributed by atoms with Gasteiger partial charge in [0.2, 0.25) is 0 Å². The molecule has 13 heteroatoms. The summed E-state index contributed by atoms with van der Waals surface area (Å²) in [5, 5.41) is 8.13. The second-order valence-corrected chi connectivity index (χ2v) is 16.4. The normalized spacial score (nSPS) is 23.2. The van der Waals surface area contributed by atoms with Crippen LogP contribution in [-0.4, -0.2) is 74.4 Å². The molecule has 1 aromatic heterocycles. The van der Waals surface area contributed by atoms with Crippen LogP contribution in [0.25, 0.3) is 11.0 Å². The number of nitrogens with one attached hydrogen (secondary N) is 1. The first-order chi connectivity index (χ1) is 19.1. The molecule has 2 bridgehead atoms. The van der Waals surface area contributed by atoms with Crippen molar-refractivity contribution in [1.29, 1.82) is 0 Å². The number of rotatable bonds is 10. The second kappa shape index (κ2) is 14.1. The zero-order valence-electron chi connectivity index (χ0n) is 23.3. The monoisotopic (exact) mass is 779 g/mol. The number of hydrogen-bond acceptors (Lipinski definition) is 8. The van der Waals surface area contributed by atoms with Crippen LogP contribution in [-0.2, 0) is 19.0 Å².